The fourth-order valence-electron chi connectivity index (χ4n) is 3.67. The maximum absolute atomic E-state index is 12.0. The van der Waals surface area contributed by atoms with Crippen molar-refractivity contribution in [2.45, 2.75) is 39.9 Å². The van der Waals surface area contributed by atoms with Crippen LogP contribution in [0.15, 0.2) is 91.8 Å². The molecule has 0 saturated heterocycles. The van der Waals surface area contributed by atoms with Crippen LogP contribution in [0.25, 0.3) is 22.6 Å². The summed E-state index contributed by atoms with van der Waals surface area (Å²) in [6.07, 6.45) is 2.03. The quantitative estimate of drug-likeness (QED) is 0.112. The summed E-state index contributed by atoms with van der Waals surface area (Å²) in [5.41, 5.74) is 6.46. The number of benzene rings is 2. The zero-order valence-corrected chi connectivity index (χ0v) is 24.4. The number of hydrogen-bond donors (Lipinski definition) is 2. The van der Waals surface area contributed by atoms with E-state index in [1.165, 1.54) is 12.4 Å². The molecule has 0 bridgehead atoms. The summed E-state index contributed by atoms with van der Waals surface area (Å²) >= 11 is 0. The fraction of sp³-hybridized carbons (Fsp3) is 0.188. The fourth-order valence-corrected chi connectivity index (χ4v) is 3.67. The van der Waals surface area contributed by atoms with Gasteiger partial charge in [-0.3, -0.25) is 9.59 Å². The molecule has 2 aromatic carbocycles. The van der Waals surface area contributed by atoms with Gasteiger partial charge in [0.1, 0.15) is 23.0 Å². The highest BCUT2D eigenvalue weighted by atomic mass is 16.5. The van der Waals surface area contributed by atoms with Crippen LogP contribution in [-0.2, 0) is 19.1 Å². The number of hydrazone groups is 2. The van der Waals surface area contributed by atoms with Crippen molar-refractivity contribution in [3.05, 3.63) is 95.4 Å². The lowest BCUT2D eigenvalue weighted by Crippen LogP contribution is -2.35. The number of carbonyl (C=O) groups is 4. The summed E-state index contributed by atoms with van der Waals surface area (Å²) in [5.74, 6) is -1.26. The predicted octanol–water partition coefficient (Wildman–Crippen LogP) is 4.94. The van der Waals surface area contributed by atoms with Gasteiger partial charge in [0.05, 0.1) is 35.8 Å². The number of amides is 2. The van der Waals surface area contributed by atoms with Crippen molar-refractivity contribution < 1.29 is 37.5 Å². The third-order valence-electron chi connectivity index (χ3n) is 5.67. The minimum absolute atomic E-state index is 0.217. The van der Waals surface area contributed by atoms with Gasteiger partial charge in [0, 0.05) is 11.1 Å². The summed E-state index contributed by atoms with van der Waals surface area (Å²) in [6.45, 7) is 7.10. The van der Waals surface area contributed by atoms with Crippen LogP contribution in [0.2, 0.25) is 0 Å². The summed E-state index contributed by atoms with van der Waals surface area (Å²) < 4.78 is 21.7. The highest BCUT2D eigenvalue weighted by Gasteiger charge is 2.14. The summed E-state index contributed by atoms with van der Waals surface area (Å²) in [4.78, 5) is 48.1. The molecular weight excluding hydrogens is 568 g/mol. The second kappa shape index (κ2) is 14.4. The van der Waals surface area contributed by atoms with Gasteiger partial charge in [-0.1, -0.05) is 24.3 Å². The van der Waals surface area contributed by atoms with Gasteiger partial charge in [-0.25, -0.2) is 20.4 Å². The first-order valence-electron chi connectivity index (χ1n) is 13.6. The highest BCUT2D eigenvalue weighted by Crippen LogP contribution is 2.23. The second-order valence-electron chi connectivity index (χ2n) is 9.87. The van der Waals surface area contributed by atoms with Crippen LogP contribution in [0.4, 0.5) is 0 Å². The lowest BCUT2D eigenvalue weighted by atomic mass is 10.1. The van der Waals surface area contributed by atoms with E-state index in [0.717, 1.165) is 11.1 Å². The number of nitrogens with zero attached hydrogens (tertiary/aromatic N) is 2. The Labute approximate surface area is 252 Å². The van der Waals surface area contributed by atoms with E-state index >= 15 is 0 Å². The Morgan fingerprint density at radius 2 is 0.955 bits per heavy atom. The van der Waals surface area contributed by atoms with Gasteiger partial charge < -0.3 is 18.3 Å². The minimum Gasteiger partial charge on any atom is -0.459 e. The molecule has 0 saturated carbocycles. The first-order valence-corrected chi connectivity index (χ1v) is 13.6. The molecule has 0 aliphatic rings. The first kappa shape index (κ1) is 31.2. The lowest BCUT2D eigenvalue weighted by Gasteiger charge is -2.07. The zero-order valence-electron chi connectivity index (χ0n) is 24.4. The first-order chi connectivity index (χ1) is 21.1. The van der Waals surface area contributed by atoms with Crippen molar-refractivity contribution in [2.75, 3.05) is 0 Å². The molecule has 0 unspecified atom stereocenters. The monoisotopic (exact) mass is 598 g/mol. The van der Waals surface area contributed by atoms with Crippen molar-refractivity contribution in [3.63, 3.8) is 0 Å². The van der Waals surface area contributed by atoms with Gasteiger partial charge in [-0.05, 0) is 76.2 Å². The molecule has 12 heteroatoms. The maximum Gasteiger partial charge on any atom is 0.338 e. The van der Waals surface area contributed by atoms with Crippen LogP contribution >= 0.6 is 0 Å². The van der Waals surface area contributed by atoms with E-state index in [2.05, 4.69) is 21.1 Å². The van der Waals surface area contributed by atoms with E-state index in [9.17, 15) is 19.2 Å². The number of hydrogen-bond acceptors (Lipinski definition) is 10. The van der Waals surface area contributed by atoms with Crippen LogP contribution < -0.4 is 10.9 Å². The molecular formula is C32H30N4O8. The Morgan fingerprint density at radius 3 is 1.30 bits per heavy atom. The summed E-state index contributed by atoms with van der Waals surface area (Å²) in [6, 6.07) is 20.1. The van der Waals surface area contributed by atoms with Crippen LogP contribution in [0.5, 0.6) is 0 Å². The highest BCUT2D eigenvalue weighted by molar-refractivity contribution is 6.35. The number of rotatable bonds is 10. The summed E-state index contributed by atoms with van der Waals surface area (Å²) in [5, 5.41) is 7.46. The molecule has 0 atom stereocenters. The zero-order chi connectivity index (χ0) is 31.6. The predicted molar refractivity (Wildman–Crippen MR) is 161 cm³/mol. The Bertz CT molecular complexity index is 1550. The van der Waals surface area contributed by atoms with E-state index in [-0.39, 0.29) is 12.2 Å². The van der Waals surface area contributed by atoms with Crippen LogP contribution in [0.3, 0.4) is 0 Å². The molecule has 0 radical (unpaired) electrons. The molecule has 44 heavy (non-hydrogen) atoms. The summed E-state index contributed by atoms with van der Waals surface area (Å²) in [7, 11) is 0. The molecule has 0 aliphatic carbocycles. The number of nitrogens with one attached hydrogen (secondary N) is 2. The van der Waals surface area contributed by atoms with Crippen LogP contribution in [0, 0.1) is 0 Å². The van der Waals surface area contributed by atoms with E-state index in [4.69, 9.17) is 18.3 Å². The van der Waals surface area contributed by atoms with Crippen molar-refractivity contribution in [1.82, 2.24) is 10.9 Å². The van der Waals surface area contributed by atoms with Gasteiger partial charge >= 0.3 is 23.8 Å². The molecule has 2 amide bonds. The molecule has 2 aromatic heterocycles. The molecule has 0 spiro atoms. The normalized spacial score (nSPS) is 11.3. The Kier molecular flexibility index (Phi) is 10.2. The molecule has 0 fully saturated rings. The SMILES string of the molecule is CC(C)OC(=O)c1ccc(-c2ccc(C=NNC(=O)C(=O)N/N=C/c3ccc(-c4ccc(C(=O)OC(C)C)cc4)o3)o2)cc1. The minimum atomic E-state index is -1.05. The van der Waals surface area contributed by atoms with Gasteiger partial charge in [0.15, 0.2) is 0 Å². The van der Waals surface area contributed by atoms with Gasteiger partial charge in [-0.2, -0.15) is 10.2 Å². The molecule has 4 rings (SSSR count). The average molecular weight is 599 g/mol. The van der Waals surface area contributed by atoms with Crippen LogP contribution in [0.1, 0.15) is 59.9 Å². The number of ether oxygens (including phenoxy) is 2. The molecule has 4 aromatic rings. The third-order valence-corrected chi connectivity index (χ3v) is 5.67. The molecule has 226 valence electrons. The van der Waals surface area contributed by atoms with Crippen molar-refractivity contribution in [1.29, 1.82) is 0 Å². The lowest BCUT2D eigenvalue weighted by molar-refractivity contribution is -0.139. The molecule has 2 N–H and O–H groups in total. The molecule has 2 heterocycles. The smallest absolute Gasteiger partial charge is 0.338 e. The van der Waals surface area contributed by atoms with E-state index < -0.39 is 23.8 Å². The van der Waals surface area contributed by atoms with Gasteiger partial charge in [0.2, 0.25) is 0 Å². The average Bonchev–Trinajstić information content (AvgIpc) is 3.67. The number of esters is 2. The standard InChI is InChI=1S/C32H30N4O8/c1-19(2)41-31(39)23-9-5-21(6-10-23)27-15-13-25(43-27)17-33-35-29(37)30(38)36-34-18-26-14-16-28(44-26)22-7-11-24(12-8-22)32(40)42-20(3)4/h5-20H,1-4H3,(H,35,37)(H,36,38)/b33-17+,34-18?. The van der Waals surface area contributed by atoms with E-state index in [0.29, 0.717) is 34.2 Å². The number of carbonyl (C=O) groups excluding carboxylic acids is 4. The van der Waals surface area contributed by atoms with Crippen LogP contribution in [-0.4, -0.2) is 48.4 Å². The van der Waals surface area contributed by atoms with Crippen molar-refractivity contribution >= 4 is 36.2 Å². The third kappa shape index (κ3) is 8.61. The van der Waals surface area contributed by atoms with Gasteiger partial charge in [0.25, 0.3) is 0 Å². The van der Waals surface area contributed by atoms with Gasteiger partial charge in [-0.15, -0.1) is 0 Å². The second-order valence-corrected chi connectivity index (χ2v) is 9.87. The Balaban J connectivity index is 1.24. The number of furan rings is 2. The Hall–Kier alpha value is -5.78. The van der Waals surface area contributed by atoms with E-state index in [1.54, 1.807) is 100 Å². The largest absolute Gasteiger partial charge is 0.459 e. The molecule has 12 nitrogen and oxygen atoms in total. The van der Waals surface area contributed by atoms with Crippen molar-refractivity contribution in [3.8, 4) is 22.6 Å². The molecule has 0 aliphatic heterocycles. The van der Waals surface area contributed by atoms with Crippen molar-refractivity contribution in [2.24, 2.45) is 10.2 Å². The van der Waals surface area contributed by atoms with E-state index in [1.807, 2.05) is 0 Å². The Morgan fingerprint density at radius 1 is 0.591 bits per heavy atom. The maximum atomic E-state index is 12.0. The topological polar surface area (TPSA) is 162 Å².